The van der Waals surface area contributed by atoms with Crippen molar-refractivity contribution in [3.8, 4) is 11.1 Å². The maximum atomic E-state index is 11.4. The number of rotatable bonds is 3. The quantitative estimate of drug-likeness (QED) is 0.661. The van der Waals surface area contributed by atoms with Crippen LogP contribution in [0.3, 0.4) is 0 Å². The highest BCUT2D eigenvalue weighted by atomic mass is 79.9. The predicted octanol–water partition coefficient (Wildman–Crippen LogP) is 3.89. The first-order chi connectivity index (χ1) is 9.51. The monoisotopic (exact) mass is 332 g/mol. The smallest absolute Gasteiger partial charge is 0.235 e. The van der Waals surface area contributed by atoms with E-state index in [2.05, 4.69) is 33.4 Å². The summed E-state index contributed by atoms with van der Waals surface area (Å²) in [5.74, 6) is -0.0517. The van der Waals surface area contributed by atoms with Crippen molar-refractivity contribution >= 4 is 33.2 Å². The molecule has 0 aliphatic heterocycles. The molecule has 0 heterocycles. The Labute approximate surface area is 127 Å². The van der Waals surface area contributed by atoms with Gasteiger partial charge in [0.1, 0.15) is 0 Å². The van der Waals surface area contributed by atoms with Gasteiger partial charge < -0.3 is 11.1 Å². The van der Waals surface area contributed by atoms with Crippen molar-refractivity contribution in [2.24, 2.45) is 0 Å². The number of anilines is 2. The molecule has 1 amide bonds. The van der Waals surface area contributed by atoms with E-state index in [0.717, 1.165) is 33.6 Å². The van der Waals surface area contributed by atoms with Crippen molar-refractivity contribution in [1.29, 1.82) is 0 Å². The van der Waals surface area contributed by atoms with E-state index in [1.807, 2.05) is 38.1 Å². The van der Waals surface area contributed by atoms with Gasteiger partial charge >= 0.3 is 0 Å². The summed E-state index contributed by atoms with van der Waals surface area (Å²) in [6.45, 7) is 3.98. The van der Waals surface area contributed by atoms with Crippen LogP contribution in [-0.4, -0.2) is 11.2 Å². The minimum Gasteiger partial charge on any atom is -0.399 e. The van der Waals surface area contributed by atoms with E-state index in [0.29, 0.717) is 5.33 Å². The highest BCUT2D eigenvalue weighted by Crippen LogP contribution is 2.27. The molecule has 0 aliphatic carbocycles. The zero-order chi connectivity index (χ0) is 14.7. The van der Waals surface area contributed by atoms with Crippen LogP contribution in [-0.2, 0) is 4.79 Å². The lowest BCUT2D eigenvalue weighted by Gasteiger charge is -2.10. The van der Waals surface area contributed by atoms with Gasteiger partial charge in [-0.3, -0.25) is 4.79 Å². The second kappa shape index (κ2) is 6.09. The standard InChI is InChI=1S/C16H17BrN2O/c1-10-7-12(3-5-14(10)18)13-4-6-15(11(2)8-13)19-16(20)9-17/h3-8H,9,18H2,1-2H3,(H,19,20). The molecule has 0 fully saturated rings. The van der Waals surface area contributed by atoms with Gasteiger partial charge in [0.05, 0.1) is 5.33 Å². The van der Waals surface area contributed by atoms with Gasteiger partial charge in [-0.15, -0.1) is 0 Å². The van der Waals surface area contributed by atoms with Crippen LogP contribution in [0.4, 0.5) is 11.4 Å². The van der Waals surface area contributed by atoms with Gasteiger partial charge in [-0.2, -0.15) is 0 Å². The number of benzene rings is 2. The Bertz CT molecular complexity index is 653. The second-order valence-electron chi connectivity index (χ2n) is 4.78. The normalized spacial score (nSPS) is 10.3. The number of amides is 1. The molecule has 0 saturated heterocycles. The van der Waals surface area contributed by atoms with Crippen LogP contribution in [0.25, 0.3) is 11.1 Å². The minimum absolute atomic E-state index is 0.0517. The predicted molar refractivity (Wildman–Crippen MR) is 88.2 cm³/mol. The van der Waals surface area contributed by atoms with Gasteiger partial charge in [-0.25, -0.2) is 0 Å². The number of hydrogen-bond donors (Lipinski definition) is 2. The van der Waals surface area contributed by atoms with Gasteiger partial charge in [-0.05, 0) is 60.4 Å². The Kier molecular flexibility index (Phi) is 4.45. The molecule has 0 saturated carbocycles. The van der Waals surface area contributed by atoms with Crippen LogP contribution < -0.4 is 11.1 Å². The molecule has 0 aromatic heterocycles. The molecule has 3 nitrogen and oxygen atoms in total. The van der Waals surface area contributed by atoms with E-state index >= 15 is 0 Å². The van der Waals surface area contributed by atoms with Gasteiger partial charge in [0.25, 0.3) is 0 Å². The number of carbonyl (C=O) groups excluding carboxylic acids is 1. The molecular formula is C16H17BrN2O. The number of halogens is 1. The number of nitrogen functional groups attached to an aromatic ring is 1. The van der Waals surface area contributed by atoms with Gasteiger partial charge in [0, 0.05) is 11.4 Å². The van der Waals surface area contributed by atoms with Crippen LogP contribution in [0.5, 0.6) is 0 Å². The van der Waals surface area contributed by atoms with Crippen molar-refractivity contribution in [3.63, 3.8) is 0 Å². The van der Waals surface area contributed by atoms with E-state index in [1.165, 1.54) is 0 Å². The maximum Gasteiger partial charge on any atom is 0.235 e. The summed E-state index contributed by atoms with van der Waals surface area (Å²) in [7, 11) is 0. The SMILES string of the molecule is Cc1cc(-c2ccc(NC(=O)CBr)c(C)c2)ccc1N. The van der Waals surface area contributed by atoms with Gasteiger partial charge in [0.15, 0.2) is 0 Å². The molecule has 4 heteroatoms. The Morgan fingerprint density at radius 1 is 1.10 bits per heavy atom. The maximum absolute atomic E-state index is 11.4. The fourth-order valence-electron chi connectivity index (χ4n) is 2.02. The van der Waals surface area contributed by atoms with E-state index in [-0.39, 0.29) is 5.91 Å². The van der Waals surface area contributed by atoms with Crippen LogP contribution >= 0.6 is 15.9 Å². The Morgan fingerprint density at radius 2 is 1.70 bits per heavy atom. The number of carbonyl (C=O) groups is 1. The highest BCUT2D eigenvalue weighted by molar-refractivity contribution is 9.09. The van der Waals surface area contributed by atoms with E-state index in [9.17, 15) is 4.79 Å². The lowest BCUT2D eigenvalue weighted by Crippen LogP contribution is -2.13. The number of nitrogens with two attached hydrogens (primary N) is 1. The van der Waals surface area contributed by atoms with E-state index in [1.54, 1.807) is 0 Å². The first-order valence-electron chi connectivity index (χ1n) is 6.34. The molecule has 0 unspecified atom stereocenters. The number of nitrogens with one attached hydrogen (secondary N) is 1. The molecule has 104 valence electrons. The minimum atomic E-state index is -0.0517. The topological polar surface area (TPSA) is 55.1 Å². The molecule has 2 aromatic carbocycles. The van der Waals surface area contributed by atoms with Crippen LogP contribution in [0.2, 0.25) is 0 Å². The summed E-state index contributed by atoms with van der Waals surface area (Å²) in [5.41, 5.74) is 11.8. The Hall–Kier alpha value is -1.81. The summed E-state index contributed by atoms with van der Waals surface area (Å²) >= 11 is 3.14. The van der Waals surface area contributed by atoms with E-state index < -0.39 is 0 Å². The molecule has 3 N–H and O–H groups in total. The average Bonchev–Trinajstić information content (AvgIpc) is 2.44. The summed E-state index contributed by atoms with van der Waals surface area (Å²) in [6, 6.07) is 12.0. The third kappa shape index (κ3) is 3.20. The molecule has 0 radical (unpaired) electrons. The summed E-state index contributed by atoms with van der Waals surface area (Å²) < 4.78 is 0. The van der Waals surface area contributed by atoms with Crippen molar-refractivity contribution in [2.45, 2.75) is 13.8 Å². The zero-order valence-electron chi connectivity index (χ0n) is 11.5. The first-order valence-corrected chi connectivity index (χ1v) is 7.46. The zero-order valence-corrected chi connectivity index (χ0v) is 13.1. The molecular weight excluding hydrogens is 316 g/mol. The molecule has 0 atom stereocenters. The van der Waals surface area contributed by atoms with Crippen LogP contribution in [0.15, 0.2) is 36.4 Å². The average molecular weight is 333 g/mol. The highest BCUT2D eigenvalue weighted by Gasteiger charge is 2.06. The first kappa shape index (κ1) is 14.6. The number of alkyl halides is 1. The molecule has 2 rings (SSSR count). The summed E-state index contributed by atoms with van der Waals surface area (Å²) in [6.07, 6.45) is 0. The van der Waals surface area contributed by atoms with Crippen molar-refractivity contribution in [2.75, 3.05) is 16.4 Å². The van der Waals surface area contributed by atoms with Crippen LogP contribution in [0.1, 0.15) is 11.1 Å². The second-order valence-corrected chi connectivity index (χ2v) is 5.34. The largest absolute Gasteiger partial charge is 0.399 e. The van der Waals surface area contributed by atoms with E-state index in [4.69, 9.17) is 5.73 Å². The lowest BCUT2D eigenvalue weighted by atomic mass is 10.00. The van der Waals surface area contributed by atoms with Crippen molar-refractivity contribution in [1.82, 2.24) is 0 Å². The van der Waals surface area contributed by atoms with Gasteiger partial charge in [-0.1, -0.05) is 28.1 Å². The van der Waals surface area contributed by atoms with Crippen molar-refractivity contribution in [3.05, 3.63) is 47.5 Å². The molecule has 0 bridgehead atoms. The number of hydrogen-bond acceptors (Lipinski definition) is 2. The summed E-state index contributed by atoms with van der Waals surface area (Å²) in [4.78, 5) is 11.4. The Balaban J connectivity index is 2.32. The third-order valence-electron chi connectivity index (χ3n) is 3.22. The summed E-state index contributed by atoms with van der Waals surface area (Å²) in [5, 5.41) is 3.15. The Morgan fingerprint density at radius 3 is 2.25 bits per heavy atom. The molecule has 0 spiro atoms. The van der Waals surface area contributed by atoms with Gasteiger partial charge in [0.2, 0.25) is 5.91 Å². The van der Waals surface area contributed by atoms with Crippen LogP contribution in [0, 0.1) is 13.8 Å². The lowest BCUT2D eigenvalue weighted by molar-refractivity contribution is -0.113. The third-order valence-corrected chi connectivity index (χ3v) is 3.73. The molecule has 20 heavy (non-hydrogen) atoms. The number of aryl methyl sites for hydroxylation is 2. The fourth-order valence-corrected chi connectivity index (χ4v) is 2.16. The molecule has 2 aromatic rings. The van der Waals surface area contributed by atoms with Crippen molar-refractivity contribution < 1.29 is 4.79 Å². The fraction of sp³-hybridized carbons (Fsp3) is 0.188. The molecule has 0 aliphatic rings.